The van der Waals surface area contributed by atoms with E-state index in [0.717, 1.165) is 25.4 Å². The van der Waals surface area contributed by atoms with Gasteiger partial charge in [0.25, 0.3) is 0 Å². The molecule has 1 aromatic carbocycles. The summed E-state index contributed by atoms with van der Waals surface area (Å²) < 4.78 is 36.0. The molecule has 3 aromatic rings. The Labute approximate surface area is 141 Å². The van der Waals surface area contributed by atoms with E-state index in [-0.39, 0.29) is 0 Å². The van der Waals surface area contributed by atoms with Gasteiger partial charge >= 0.3 is 10.2 Å². The first-order chi connectivity index (χ1) is 11.0. The molecule has 10 heteroatoms. The SMILES string of the molecule is Cc1nc2ccc3nc(NS(=O)(=O)N4CCOCC4)sc3c2s1. The number of anilines is 1. The van der Waals surface area contributed by atoms with Gasteiger partial charge in [0.05, 0.1) is 38.7 Å². The van der Waals surface area contributed by atoms with Crippen LogP contribution in [0.5, 0.6) is 0 Å². The second kappa shape index (κ2) is 5.64. The minimum absolute atomic E-state index is 0.360. The topological polar surface area (TPSA) is 84.4 Å². The minimum Gasteiger partial charge on any atom is -0.379 e. The monoisotopic (exact) mass is 370 g/mol. The van der Waals surface area contributed by atoms with Crippen molar-refractivity contribution in [3.05, 3.63) is 17.1 Å². The van der Waals surface area contributed by atoms with E-state index in [9.17, 15) is 8.42 Å². The summed E-state index contributed by atoms with van der Waals surface area (Å²) in [4.78, 5) is 8.86. The average Bonchev–Trinajstić information content (AvgIpc) is 3.09. The predicted octanol–water partition coefficient (Wildman–Crippen LogP) is 2.20. The van der Waals surface area contributed by atoms with Gasteiger partial charge in [-0.3, -0.25) is 0 Å². The standard InChI is InChI=1S/C13H14N4O3S3/c1-8-14-9-2-3-10-12(11(9)21-8)22-13(15-10)16-23(18,19)17-4-6-20-7-5-17/h2-3H,4-7H2,1H3,(H,15,16). The maximum Gasteiger partial charge on any atom is 0.303 e. The number of benzene rings is 1. The number of ether oxygens (including phenoxy) is 1. The van der Waals surface area contributed by atoms with Crippen molar-refractivity contribution in [3.8, 4) is 0 Å². The Balaban J connectivity index is 1.70. The number of aromatic nitrogens is 2. The van der Waals surface area contributed by atoms with E-state index in [1.165, 1.54) is 15.6 Å². The van der Waals surface area contributed by atoms with Gasteiger partial charge in [-0.05, 0) is 19.1 Å². The molecule has 122 valence electrons. The zero-order valence-electron chi connectivity index (χ0n) is 12.3. The van der Waals surface area contributed by atoms with Crippen molar-refractivity contribution in [2.45, 2.75) is 6.92 Å². The maximum absolute atomic E-state index is 12.4. The lowest BCUT2D eigenvalue weighted by Gasteiger charge is -2.25. The molecule has 0 unspecified atom stereocenters. The molecule has 0 saturated carbocycles. The number of nitrogens with zero attached hydrogens (tertiary/aromatic N) is 3. The number of thiazole rings is 2. The van der Waals surface area contributed by atoms with E-state index < -0.39 is 10.2 Å². The number of fused-ring (bicyclic) bond motifs is 3. The Bertz CT molecular complexity index is 973. The summed E-state index contributed by atoms with van der Waals surface area (Å²) in [5.74, 6) is 0. The first kappa shape index (κ1) is 15.2. The van der Waals surface area contributed by atoms with Gasteiger partial charge in [0.15, 0.2) is 5.13 Å². The van der Waals surface area contributed by atoms with Gasteiger partial charge in [0.1, 0.15) is 0 Å². The zero-order chi connectivity index (χ0) is 16.0. The van der Waals surface area contributed by atoms with Crippen LogP contribution in [0.3, 0.4) is 0 Å². The number of hydrogen-bond donors (Lipinski definition) is 1. The molecule has 1 saturated heterocycles. The number of aryl methyl sites for hydroxylation is 1. The van der Waals surface area contributed by atoms with E-state index >= 15 is 0 Å². The lowest BCUT2D eigenvalue weighted by molar-refractivity contribution is 0.0733. The van der Waals surface area contributed by atoms with Crippen LogP contribution >= 0.6 is 22.7 Å². The van der Waals surface area contributed by atoms with E-state index in [4.69, 9.17) is 4.74 Å². The molecule has 0 spiro atoms. The first-order valence-electron chi connectivity index (χ1n) is 7.05. The Morgan fingerprint density at radius 1 is 1.13 bits per heavy atom. The largest absolute Gasteiger partial charge is 0.379 e. The molecule has 1 fully saturated rings. The smallest absolute Gasteiger partial charge is 0.303 e. The molecule has 0 radical (unpaired) electrons. The molecule has 1 aliphatic rings. The summed E-state index contributed by atoms with van der Waals surface area (Å²) in [5, 5.41) is 1.36. The lowest BCUT2D eigenvalue weighted by Crippen LogP contribution is -2.43. The lowest BCUT2D eigenvalue weighted by atomic mass is 10.3. The van der Waals surface area contributed by atoms with Crippen molar-refractivity contribution < 1.29 is 13.2 Å². The molecular weight excluding hydrogens is 356 g/mol. The molecule has 1 aliphatic heterocycles. The van der Waals surface area contributed by atoms with E-state index in [1.807, 2.05) is 19.1 Å². The Kier molecular flexibility index (Phi) is 3.73. The summed E-state index contributed by atoms with van der Waals surface area (Å²) in [6.07, 6.45) is 0. The maximum atomic E-state index is 12.4. The summed E-state index contributed by atoms with van der Waals surface area (Å²) in [7, 11) is -3.59. The van der Waals surface area contributed by atoms with E-state index in [0.29, 0.717) is 31.4 Å². The molecule has 0 amide bonds. The first-order valence-corrected chi connectivity index (χ1v) is 10.1. The molecule has 0 bridgehead atoms. The normalized spacial score (nSPS) is 17.1. The van der Waals surface area contributed by atoms with Gasteiger partial charge in [-0.15, -0.1) is 11.3 Å². The average molecular weight is 370 g/mol. The third kappa shape index (κ3) is 2.81. The number of hydrogen-bond acceptors (Lipinski definition) is 7. The molecule has 1 N–H and O–H groups in total. The Morgan fingerprint density at radius 3 is 2.52 bits per heavy atom. The highest BCUT2D eigenvalue weighted by atomic mass is 32.2. The highest BCUT2D eigenvalue weighted by Gasteiger charge is 2.25. The summed E-state index contributed by atoms with van der Waals surface area (Å²) in [5.41, 5.74) is 1.71. The van der Waals surface area contributed by atoms with Crippen LogP contribution in [-0.4, -0.2) is 49.0 Å². The second-order valence-electron chi connectivity index (χ2n) is 5.13. The fourth-order valence-electron chi connectivity index (χ4n) is 2.49. The van der Waals surface area contributed by atoms with E-state index in [1.54, 1.807) is 11.3 Å². The van der Waals surface area contributed by atoms with Crippen molar-refractivity contribution in [3.63, 3.8) is 0 Å². The summed E-state index contributed by atoms with van der Waals surface area (Å²) in [6, 6.07) is 3.79. The van der Waals surface area contributed by atoms with Gasteiger partial charge < -0.3 is 4.74 Å². The third-order valence-electron chi connectivity index (χ3n) is 3.55. The molecule has 23 heavy (non-hydrogen) atoms. The fourth-order valence-corrected chi connectivity index (χ4v) is 5.86. The zero-order valence-corrected chi connectivity index (χ0v) is 14.7. The quantitative estimate of drug-likeness (QED) is 0.764. The highest BCUT2D eigenvalue weighted by molar-refractivity contribution is 7.90. The fraction of sp³-hybridized carbons (Fsp3) is 0.385. The summed E-state index contributed by atoms with van der Waals surface area (Å²) in [6.45, 7) is 3.51. The van der Waals surface area contributed by atoms with Gasteiger partial charge in [-0.1, -0.05) is 11.3 Å². The molecule has 2 aromatic heterocycles. The van der Waals surface area contributed by atoms with E-state index in [2.05, 4.69) is 14.7 Å². The van der Waals surface area contributed by atoms with Gasteiger partial charge in [0.2, 0.25) is 0 Å². The number of rotatable bonds is 3. The molecule has 7 nitrogen and oxygen atoms in total. The van der Waals surface area contributed by atoms with Gasteiger partial charge in [0, 0.05) is 13.1 Å². The van der Waals surface area contributed by atoms with Crippen molar-refractivity contribution >= 4 is 58.4 Å². The van der Waals surface area contributed by atoms with Crippen molar-refractivity contribution in [1.82, 2.24) is 14.3 Å². The van der Waals surface area contributed by atoms with Crippen LogP contribution in [0, 0.1) is 6.92 Å². The molecule has 0 aliphatic carbocycles. The Hall–Kier alpha value is -1.33. The molecule has 4 rings (SSSR count). The Morgan fingerprint density at radius 2 is 1.78 bits per heavy atom. The van der Waals surface area contributed by atoms with Crippen LogP contribution in [0.4, 0.5) is 5.13 Å². The third-order valence-corrected chi connectivity index (χ3v) is 7.31. The van der Waals surface area contributed by atoms with Crippen molar-refractivity contribution in [1.29, 1.82) is 0 Å². The van der Waals surface area contributed by atoms with Gasteiger partial charge in [-0.2, -0.15) is 12.7 Å². The van der Waals surface area contributed by atoms with Crippen LogP contribution in [0.1, 0.15) is 5.01 Å². The predicted molar refractivity (Wildman–Crippen MR) is 92.5 cm³/mol. The van der Waals surface area contributed by atoms with Crippen molar-refractivity contribution in [2.75, 3.05) is 31.0 Å². The molecule has 3 heterocycles. The minimum atomic E-state index is -3.59. The van der Waals surface area contributed by atoms with Crippen LogP contribution in [-0.2, 0) is 14.9 Å². The number of nitrogens with one attached hydrogen (secondary N) is 1. The molecule has 0 atom stereocenters. The summed E-state index contributed by atoms with van der Waals surface area (Å²) >= 11 is 2.94. The highest BCUT2D eigenvalue weighted by Crippen LogP contribution is 2.36. The van der Waals surface area contributed by atoms with Crippen LogP contribution < -0.4 is 4.72 Å². The van der Waals surface area contributed by atoms with Crippen molar-refractivity contribution in [2.24, 2.45) is 0 Å². The van der Waals surface area contributed by atoms with Crippen LogP contribution in [0.25, 0.3) is 20.4 Å². The van der Waals surface area contributed by atoms with Gasteiger partial charge in [-0.25, -0.2) is 14.7 Å². The number of morpholine rings is 1. The van der Waals surface area contributed by atoms with Crippen LogP contribution in [0.2, 0.25) is 0 Å². The molecular formula is C13H14N4O3S3. The second-order valence-corrected chi connectivity index (χ2v) is 9.01. The van der Waals surface area contributed by atoms with Crippen LogP contribution in [0.15, 0.2) is 12.1 Å².